The van der Waals surface area contributed by atoms with E-state index in [4.69, 9.17) is 21.7 Å². The Morgan fingerprint density at radius 2 is 2.00 bits per heavy atom. The summed E-state index contributed by atoms with van der Waals surface area (Å²) in [6.07, 6.45) is 2.62. The Kier molecular flexibility index (Phi) is 8.79. The van der Waals surface area contributed by atoms with Crippen LogP contribution in [-0.4, -0.2) is 44.8 Å². The van der Waals surface area contributed by atoms with Gasteiger partial charge in [-0.1, -0.05) is 13.0 Å². The van der Waals surface area contributed by atoms with Crippen molar-refractivity contribution in [1.82, 2.24) is 10.0 Å². The van der Waals surface area contributed by atoms with E-state index >= 15 is 0 Å². The third kappa shape index (κ3) is 7.50. The van der Waals surface area contributed by atoms with Gasteiger partial charge >= 0.3 is 0 Å². The molecule has 0 aliphatic carbocycles. The lowest BCUT2D eigenvalue weighted by Crippen LogP contribution is -2.34. The van der Waals surface area contributed by atoms with Gasteiger partial charge in [-0.3, -0.25) is 10.1 Å². The maximum absolute atomic E-state index is 12.5. The summed E-state index contributed by atoms with van der Waals surface area (Å²) in [5.41, 5.74) is 0.964. The molecule has 1 saturated heterocycles. The summed E-state index contributed by atoms with van der Waals surface area (Å²) in [4.78, 5) is 12.7. The quantitative estimate of drug-likeness (QED) is 0.462. The molecular weight excluding hydrogens is 462 g/mol. The van der Waals surface area contributed by atoms with Gasteiger partial charge in [0.1, 0.15) is 5.75 Å². The Labute approximate surface area is 200 Å². The molecule has 8 nitrogen and oxygen atoms in total. The number of rotatable bonds is 9. The van der Waals surface area contributed by atoms with E-state index in [0.717, 1.165) is 19.3 Å². The number of carbonyl (C=O) groups excluding carboxylic acids is 1. The van der Waals surface area contributed by atoms with E-state index in [1.54, 1.807) is 36.4 Å². The molecule has 1 heterocycles. The van der Waals surface area contributed by atoms with Crippen molar-refractivity contribution in [2.24, 2.45) is 0 Å². The van der Waals surface area contributed by atoms with Gasteiger partial charge in [-0.2, -0.15) is 0 Å². The molecule has 1 amide bonds. The molecule has 0 radical (unpaired) electrons. The first kappa shape index (κ1) is 25.1. The fourth-order valence-corrected chi connectivity index (χ4v) is 4.45. The highest BCUT2D eigenvalue weighted by Gasteiger charge is 2.20. The molecule has 0 saturated carbocycles. The lowest BCUT2D eigenvalue weighted by molar-refractivity contribution is 0.0977. The van der Waals surface area contributed by atoms with Gasteiger partial charge < -0.3 is 14.8 Å². The number of thiocarbonyl (C=S) groups is 1. The number of ether oxygens (including phenoxy) is 2. The van der Waals surface area contributed by atoms with Crippen LogP contribution in [0.5, 0.6) is 5.75 Å². The summed E-state index contributed by atoms with van der Waals surface area (Å²) >= 11 is 5.22. The molecular formula is C23H29N3O5S2. The van der Waals surface area contributed by atoms with Crippen molar-refractivity contribution in [1.29, 1.82) is 0 Å². The molecule has 2 atom stereocenters. The van der Waals surface area contributed by atoms with Crippen molar-refractivity contribution < 1.29 is 22.7 Å². The number of sulfonamides is 1. The average Bonchev–Trinajstić information content (AvgIpc) is 3.32. The SMILES string of the molecule is CCC(C)Oc1cccc(C(=O)NC(=S)Nc2ccc(S(=O)(=O)NCC3CCCO3)cc2)c1. The van der Waals surface area contributed by atoms with Crippen molar-refractivity contribution >= 4 is 38.9 Å². The fraction of sp³-hybridized carbons (Fsp3) is 0.391. The minimum Gasteiger partial charge on any atom is -0.491 e. The molecule has 0 aromatic heterocycles. The predicted octanol–water partition coefficient (Wildman–Crippen LogP) is 3.45. The van der Waals surface area contributed by atoms with E-state index < -0.39 is 10.0 Å². The van der Waals surface area contributed by atoms with E-state index in [-0.39, 0.29) is 34.7 Å². The Morgan fingerprint density at radius 3 is 2.67 bits per heavy atom. The molecule has 2 aromatic carbocycles. The maximum atomic E-state index is 12.5. The molecule has 1 fully saturated rings. The number of carbonyl (C=O) groups is 1. The molecule has 3 rings (SSSR count). The van der Waals surface area contributed by atoms with Crippen molar-refractivity contribution in [3.63, 3.8) is 0 Å². The summed E-state index contributed by atoms with van der Waals surface area (Å²) in [6, 6.07) is 13.0. The number of benzene rings is 2. The van der Waals surface area contributed by atoms with Gasteiger partial charge in [-0.25, -0.2) is 13.1 Å². The standard InChI is InChI=1S/C23H29N3O5S2/c1-3-16(2)31-19-7-4-6-17(14-19)22(27)26-23(32)25-18-9-11-21(12-10-18)33(28,29)24-15-20-8-5-13-30-20/h4,6-7,9-12,14,16,20,24H,3,5,8,13,15H2,1-2H3,(H2,25,26,27,32). The minimum atomic E-state index is -3.64. The topological polar surface area (TPSA) is 106 Å². The number of anilines is 1. The van der Waals surface area contributed by atoms with Crippen LogP contribution in [-0.2, 0) is 14.8 Å². The Morgan fingerprint density at radius 1 is 1.24 bits per heavy atom. The van der Waals surface area contributed by atoms with E-state index in [0.29, 0.717) is 23.6 Å². The van der Waals surface area contributed by atoms with Crippen LogP contribution in [0.15, 0.2) is 53.4 Å². The zero-order valence-electron chi connectivity index (χ0n) is 18.7. The fourth-order valence-electron chi connectivity index (χ4n) is 3.17. The normalized spacial score (nSPS) is 16.7. The van der Waals surface area contributed by atoms with Crippen molar-refractivity contribution in [2.45, 2.75) is 50.2 Å². The third-order valence-electron chi connectivity index (χ3n) is 5.18. The van der Waals surface area contributed by atoms with Crippen LogP contribution < -0.4 is 20.1 Å². The number of nitrogens with one attached hydrogen (secondary N) is 3. The summed E-state index contributed by atoms with van der Waals surface area (Å²) < 4.78 is 38.7. The van der Waals surface area contributed by atoms with Crippen LogP contribution in [0.3, 0.4) is 0 Å². The number of hydrogen-bond donors (Lipinski definition) is 3. The highest BCUT2D eigenvalue weighted by molar-refractivity contribution is 7.89. The highest BCUT2D eigenvalue weighted by atomic mass is 32.2. The van der Waals surface area contributed by atoms with E-state index in [9.17, 15) is 13.2 Å². The van der Waals surface area contributed by atoms with Crippen molar-refractivity contribution in [3.05, 3.63) is 54.1 Å². The molecule has 3 N–H and O–H groups in total. The summed E-state index contributed by atoms with van der Waals surface area (Å²) in [5.74, 6) is 0.236. The second-order valence-electron chi connectivity index (χ2n) is 7.78. The predicted molar refractivity (Wildman–Crippen MR) is 131 cm³/mol. The van der Waals surface area contributed by atoms with E-state index in [2.05, 4.69) is 15.4 Å². The van der Waals surface area contributed by atoms with Gasteiger partial charge in [0.2, 0.25) is 10.0 Å². The molecule has 2 unspecified atom stereocenters. The lowest BCUT2D eigenvalue weighted by Gasteiger charge is -2.14. The van der Waals surface area contributed by atoms with Crippen molar-refractivity contribution in [2.75, 3.05) is 18.5 Å². The summed E-state index contributed by atoms with van der Waals surface area (Å²) in [5, 5.41) is 5.60. The molecule has 2 aromatic rings. The zero-order chi connectivity index (χ0) is 23.8. The number of amides is 1. The third-order valence-corrected chi connectivity index (χ3v) is 6.83. The molecule has 1 aliphatic heterocycles. The van der Waals surface area contributed by atoms with E-state index in [1.165, 1.54) is 12.1 Å². The first-order chi connectivity index (χ1) is 15.8. The number of hydrogen-bond acceptors (Lipinski definition) is 6. The Bertz CT molecular complexity index is 1070. The van der Waals surface area contributed by atoms with Gasteiger partial charge in [-0.05, 0) is 80.9 Å². The van der Waals surface area contributed by atoms with Crippen LogP contribution in [0.2, 0.25) is 0 Å². The molecule has 0 bridgehead atoms. The molecule has 10 heteroatoms. The molecule has 178 valence electrons. The molecule has 33 heavy (non-hydrogen) atoms. The van der Waals surface area contributed by atoms with Crippen LogP contribution in [0.25, 0.3) is 0 Å². The van der Waals surface area contributed by atoms with Gasteiger partial charge in [0.05, 0.1) is 17.1 Å². The average molecular weight is 492 g/mol. The van der Waals surface area contributed by atoms with Crippen LogP contribution >= 0.6 is 12.2 Å². The monoisotopic (exact) mass is 491 g/mol. The van der Waals surface area contributed by atoms with Gasteiger partial charge in [-0.15, -0.1) is 0 Å². The van der Waals surface area contributed by atoms with Gasteiger partial charge in [0, 0.05) is 24.4 Å². The minimum absolute atomic E-state index is 0.0454. The summed E-state index contributed by atoms with van der Waals surface area (Å²) in [6.45, 7) is 4.90. The van der Waals surface area contributed by atoms with Crippen LogP contribution in [0.4, 0.5) is 5.69 Å². The maximum Gasteiger partial charge on any atom is 0.257 e. The largest absolute Gasteiger partial charge is 0.491 e. The second-order valence-corrected chi connectivity index (χ2v) is 9.96. The van der Waals surface area contributed by atoms with Crippen molar-refractivity contribution in [3.8, 4) is 5.75 Å². The Hall–Kier alpha value is -2.53. The second kappa shape index (κ2) is 11.6. The molecule has 0 spiro atoms. The van der Waals surface area contributed by atoms with Gasteiger partial charge in [0.25, 0.3) is 5.91 Å². The van der Waals surface area contributed by atoms with Crippen LogP contribution in [0.1, 0.15) is 43.5 Å². The van der Waals surface area contributed by atoms with E-state index in [1.807, 2.05) is 13.8 Å². The highest BCUT2D eigenvalue weighted by Crippen LogP contribution is 2.17. The summed E-state index contributed by atoms with van der Waals surface area (Å²) in [7, 11) is -3.64. The first-order valence-corrected chi connectivity index (χ1v) is 12.8. The zero-order valence-corrected chi connectivity index (χ0v) is 20.3. The smallest absolute Gasteiger partial charge is 0.257 e. The first-order valence-electron chi connectivity index (χ1n) is 10.9. The molecule has 1 aliphatic rings. The Balaban J connectivity index is 1.54. The lowest BCUT2D eigenvalue weighted by atomic mass is 10.2. The van der Waals surface area contributed by atoms with Crippen LogP contribution in [0, 0.1) is 0 Å². The van der Waals surface area contributed by atoms with Gasteiger partial charge in [0.15, 0.2) is 5.11 Å².